The fourth-order valence-electron chi connectivity index (χ4n) is 1.51. The van der Waals surface area contributed by atoms with Crippen molar-refractivity contribution in [2.24, 2.45) is 5.73 Å². The number of ketones is 1. The van der Waals surface area contributed by atoms with E-state index in [0.717, 1.165) is 5.75 Å². The fourth-order valence-corrected chi connectivity index (χ4v) is 1.51. The molecule has 0 radical (unpaired) electrons. The Morgan fingerprint density at radius 2 is 1.82 bits per heavy atom. The molecule has 94 valence electrons. The van der Waals surface area contributed by atoms with E-state index < -0.39 is 5.54 Å². The summed E-state index contributed by atoms with van der Waals surface area (Å²) in [5, 5.41) is 0. The van der Waals surface area contributed by atoms with Gasteiger partial charge < -0.3 is 10.5 Å². The maximum absolute atomic E-state index is 11.9. The lowest BCUT2D eigenvalue weighted by Crippen LogP contribution is -2.34. The van der Waals surface area contributed by atoms with Gasteiger partial charge in [-0.3, -0.25) is 4.79 Å². The van der Waals surface area contributed by atoms with E-state index in [1.165, 1.54) is 0 Å². The Balaban J connectivity index is 2.71. The zero-order chi connectivity index (χ0) is 13.1. The first kappa shape index (κ1) is 13.7. The first-order valence-corrected chi connectivity index (χ1v) is 5.87. The zero-order valence-corrected chi connectivity index (χ0v) is 11.0. The molecule has 17 heavy (non-hydrogen) atoms. The predicted molar refractivity (Wildman–Crippen MR) is 69.4 cm³/mol. The topological polar surface area (TPSA) is 52.3 Å². The minimum absolute atomic E-state index is 0.0635. The van der Waals surface area contributed by atoms with Gasteiger partial charge in [-0.2, -0.15) is 0 Å². The molecule has 0 amide bonds. The molecule has 0 fully saturated rings. The molecule has 1 rings (SSSR count). The van der Waals surface area contributed by atoms with Gasteiger partial charge in [-0.15, -0.1) is 0 Å². The van der Waals surface area contributed by atoms with Crippen molar-refractivity contribution in [2.75, 3.05) is 0 Å². The third kappa shape index (κ3) is 5.00. The average molecular weight is 235 g/mol. The quantitative estimate of drug-likeness (QED) is 0.798. The number of hydrogen-bond donors (Lipinski definition) is 1. The lowest BCUT2D eigenvalue weighted by Gasteiger charge is -2.17. The van der Waals surface area contributed by atoms with Crippen molar-refractivity contribution in [1.29, 1.82) is 0 Å². The fraction of sp³-hybridized carbons (Fsp3) is 0.500. The maximum Gasteiger partial charge on any atom is 0.164 e. The number of ether oxygens (including phenoxy) is 1. The molecule has 3 nitrogen and oxygen atoms in total. The molecule has 0 aliphatic carbocycles. The normalized spacial score (nSPS) is 11.6. The van der Waals surface area contributed by atoms with Crippen LogP contribution in [-0.2, 0) is 0 Å². The van der Waals surface area contributed by atoms with E-state index in [2.05, 4.69) is 0 Å². The van der Waals surface area contributed by atoms with Crippen LogP contribution in [0.5, 0.6) is 5.75 Å². The van der Waals surface area contributed by atoms with Gasteiger partial charge in [0.1, 0.15) is 5.75 Å². The number of carbonyl (C=O) groups excluding carboxylic acids is 1. The summed E-state index contributed by atoms with van der Waals surface area (Å²) in [5.41, 5.74) is 6.04. The third-order valence-corrected chi connectivity index (χ3v) is 2.16. The molecular weight excluding hydrogens is 214 g/mol. The standard InChI is InChI=1S/C14H21NO2/c1-10(2)17-12-7-5-11(6-8-12)13(16)9-14(3,4)15/h5-8,10H,9,15H2,1-4H3. The maximum atomic E-state index is 11.9. The van der Waals surface area contributed by atoms with Crippen molar-refractivity contribution < 1.29 is 9.53 Å². The Kier molecular flexibility index (Phi) is 4.29. The monoisotopic (exact) mass is 235 g/mol. The third-order valence-electron chi connectivity index (χ3n) is 2.16. The van der Waals surface area contributed by atoms with Gasteiger partial charge in [-0.05, 0) is 52.0 Å². The summed E-state index contributed by atoms with van der Waals surface area (Å²) in [6, 6.07) is 7.20. The second-order valence-electron chi connectivity index (χ2n) is 5.28. The second kappa shape index (κ2) is 5.32. The number of carbonyl (C=O) groups is 1. The van der Waals surface area contributed by atoms with Gasteiger partial charge in [-0.1, -0.05) is 0 Å². The van der Waals surface area contributed by atoms with E-state index in [1.54, 1.807) is 12.1 Å². The molecule has 0 unspecified atom stereocenters. The number of rotatable bonds is 5. The van der Waals surface area contributed by atoms with Gasteiger partial charge >= 0.3 is 0 Å². The highest BCUT2D eigenvalue weighted by molar-refractivity contribution is 5.96. The van der Waals surface area contributed by atoms with Crippen molar-refractivity contribution in [3.05, 3.63) is 29.8 Å². The van der Waals surface area contributed by atoms with E-state index in [1.807, 2.05) is 39.8 Å². The molecule has 0 spiro atoms. The van der Waals surface area contributed by atoms with Crippen molar-refractivity contribution in [1.82, 2.24) is 0 Å². The lowest BCUT2D eigenvalue weighted by atomic mass is 9.95. The Morgan fingerprint density at radius 3 is 2.24 bits per heavy atom. The molecule has 1 aromatic carbocycles. The molecule has 0 saturated heterocycles. The summed E-state index contributed by atoms with van der Waals surface area (Å²) in [7, 11) is 0. The smallest absolute Gasteiger partial charge is 0.164 e. The summed E-state index contributed by atoms with van der Waals surface area (Å²) < 4.78 is 5.51. The van der Waals surface area contributed by atoms with Crippen LogP contribution in [0.4, 0.5) is 0 Å². The Hall–Kier alpha value is -1.35. The predicted octanol–water partition coefficient (Wildman–Crippen LogP) is 2.78. The minimum atomic E-state index is -0.468. The first-order chi connectivity index (χ1) is 7.78. The van der Waals surface area contributed by atoms with Crippen molar-refractivity contribution in [3.63, 3.8) is 0 Å². The highest BCUT2D eigenvalue weighted by Crippen LogP contribution is 2.16. The molecule has 0 atom stereocenters. The van der Waals surface area contributed by atoms with Crippen LogP contribution in [0.25, 0.3) is 0 Å². The summed E-state index contributed by atoms with van der Waals surface area (Å²) in [6.45, 7) is 7.63. The summed E-state index contributed by atoms with van der Waals surface area (Å²) in [6.07, 6.45) is 0.483. The Labute approximate surface area is 103 Å². The van der Waals surface area contributed by atoms with Crippen LogP contribution in [0.15, 0.2) is 24.3 Å². The van der Waals surface area contributed by atoms with Crippen molar-refractivity contribution in [3.8, 4) is 5.75 Å². The van der Waals surface area contributed by atoms with Crippen LogP contribution in [0.2, 0.25) is 0 Å². The Bertz CT molecular complexity index is 374. The highest BCUT2D eigenvalue weighted by atomic mass is 16.5. The van der Waals surface area contributed by atoms with Gasteiger partial charge in [0.15, 0.2) is 5.78 Å². The first-order valence-electron chi connectivity index (χ1n) is 5.87. The molecule has 3 heteroatoms. The van der Waals surface area contributed by atoms with Crippen LogP contribution in [-0.4, -0.2) is 17.4 Å². The van der Waals surface area contributed by atoms with Crippen LogP contribution >= 0.6 is 0 Å². The number of hydrogen-bond acceptors (Lipinski definition) is 3. The van der Waals surface area contributed by atoms with Gasteiger partial charge in [0.05, 0.1) is 6.10 Å². The van der Waals surface area contributed by atoms with Crippen LogP contribution < -0.4 is 10.5 Å². The largest absolute Gasteiger partial charge is 0.491 e. The van der Waals surface area contributed by atoms with Crippen molar-refractivity contribution >= 4 is 5.78 Å². The van der Waals surface area contributed by atoms with E-state index in [4.69, 9.17) is 10.5 Å². The van der Waals surface area contributed by atoms with Gasteiger partial charge in [-0.25, -0.2) is 0 Å². The van der Waals surface area contributed by atoms with Gasteiger partial charge in [0.2, 0.25) is 0 Å². The molecule has 0 aliphatic rings. The van der Waals surface area contributed by atoms with Crippen molar-refractivity contribution in [2.45, 2.75) is 45.8 Å². The summed E-state index contributed by atoms with van der Waals surface area (Å²) >= 11 is 0. The molecular formula is C14H21NO2. The molecule has 1 aromatic rings. The van der Waals surface area contributed by atoms with Crippen LogP contribution in [0, 0.1) is 0 Å². The van der Waals surface area contributed by atoms with Gasteiger partial charge in [0.25, 0.3) is 0 Å². The van der Waals surface area contributed by atoms with Gasteiger partial charge in [0, 0.05) is 17.5 Å². The molecule has 0 aliphatic heterocycles. The van der Waals surface area contributed by atoms with E-state index in [0.29, 0.717) is 12.0 Å². The zero-order valence-electron chi connectivity index (χ0n) is 11.0. The summed E-state index contributed by atoms with van der Waals surface area (Å²) in [4.78, 5) is 11.9. The second-order valence-corrected chi connectivity index (χ2v) is 5.28. The Morgan fingerprint density at radius 1 is 1.29 bits per heavy atom. The minimum Gasteiger partial charge on any atom is -0.491 e. The number of nitrogens with two attached hydrogens (primary N) is 1. The molecule has 0 heterocycles. The average Bonchev–Trinajstić information content (AvgIpc) is 2.15. The molecule has 0 saturated carbocycles. The molecule has 2 N–H and O–H groups in total. The van der Waals surface area contributed by atoms with E-state index in [-0.39, 0.29) is 11.9 Å². The lowest BCUT2D eigenvalue weighted by molar-refractivity contribution is 0.0960. The van der Waals surface area contributed by atoms with Crippen LogP contribution in [0.3, 0.4) is 0 Å². The van der Waals surface area contributed by atoms with Crippen LogP contribution in [0.1, 0.15) is 44.5 Å². The highest BCUT2D eigenvalue weighted by Gasteiger charge is 2.17. The van der Waals surface area contributed by atoms with E-state index in [9.17, 15) is 4.79 Å². The SMILES string of the molecule is CC(C)Oc1ccc(C(=O)CC(C)(C)N)cc1. The number of Topliss-reactive ketones (excluding diaryl/α,β-unsaturated/α-hetero) is 1. The summed E-state index contributed by atoms with van der Waals surface area (Å²) in [5.74, 6) is 0.845. The molecule has 0 aromatic heterocycles. The number of benzene rings is 1. The van der Waals surface area contributed by atoms with E-state index >= 15 is 0 Å². The molecule has 0 bridgehead atoms.